The van der Waals surface area contributed by atoms with E-state index in [0.717, 1.165) is 6.42 Å². The second-order valence-corrected chi connectivity index (χ2v) is 5.19. The van der Waals surface area contributed by atoms with E-state index in [1.807, 2.05) is 12.4 Å². The van der Waals surface area contributed by atoms with Crippen molar-refractivity contribution in [2.24, 2.45) is 0 Å². The highest BCUT2D eigenvalue weighted by Crippen LogP contribution is 2.30. The molecule has 2 atom stereocenters. The molecule has 2 unspecified atom stereocenters. The number of aryl methyl sites for hydroxylation is 1. The van der Waals surface area contributed by atoms with Gasteiger partial charge in [0, 0.05) is 18.4 Å². The SMILES string of the molecule is Cc1cccc(C2NC(C)Cc3ccncc32)c1. The summed E-state index contributed by atoms with van der Waals surface area (Å²) < 4.78 is 0. The molecular weight excluding hydrogens is 220 g/mol. The van der Waals surface area contributed by atoms with Gasteiger partial charge in [-0.1, -0.05) is 29.8 Å². The molecule has 2 nitrogen and oxygen atoms in total. The van der Waals surface area contributed by atoms with Crippen LogP contribution in [0.2, 0.25) is 0 Å². The summed E-state index contributed by atoms with van der Waals surface area (Å²) in [6.45, 7) is 4.38. The highest BCUT2D eigenvalue weighted by atomic mass is 15.0. The van der Waals surface area contributed by atoms with Gasteiger partial charge in [0.05, 0.1) is 6.04 Å². The lowest BCUT2D eigenvalue weighted by Gasteiger charge is -2.31. The van der Waals surface area contributed by atoms with Crippen LogP contribution in [0.5, 0.6) is 0 Å². The van der Waals surface area contributed by atoms with Crippen LogP contribution in [0.15, 0.2) is 42.7 Å². The molecule has 0 fully saturated rings. The molecule has 1 aromatic heterocycles. The van der Waals surface area contributed by atoms with Gasteiger partial charge in [-0.25, -0.2) is 0 Å². The summed E-state index contributed by atoms with van der Waals surface area (Å²) in [5.41, 5.74) is 5.37. The number of hydrogen-bond acceptors (Lipinski definition) is 2. The number of pyridine rings is 1. The predicted octanol–water partition coefficient (Wildman–Crippen LogP) is 3.01. The number of hydrogen-bond donors (Lipinski definition) is 1. The topological polar surface area (TPSA) is 24.9 Å². The lowest BCUT2D eigenvalue weighted by atomic mass is 9.88. The molecule has 2 aromatic rings. The summed E-state index contributed by atoms with van der Waals surface area (Å²) in [6.07, 6.45) is 4.98. The van der Waals surface area contributed by atoms with Crippen LogP contribution in [-0.4, -0.2) is 11.0 Å². The van der Waals surface area contributed by atoms with Crippen molar-refractivity contribution in [2.75, 3.05) is 0 Å². The van der Waals surface area contributed by atoms with Gasteiger partial charge in [0.1, 0.15) is 0 Å². The van der Waals surface area contributed by atoms with E-state index >= 15 is 0 Å². The van der Waals surface area contributed by atoms with Gasteiger partial charge in [0.2, 0.25) is 0 Å². The molecule has 0 aliphatic carbocycles. The largest absolute Gasteiger partial charge is 0.303 e. The second kappa shape index (κ2) is 4.54. The van der Waals surface area contributed by atoms with Crippen LogP contribution >= 0.6 is 0 Å². The van der Waals surface area contributed by atoms with Crippen molar-refractivity contribution in [2.45, 2.75) is 32.4 Å². The summed E-state index contributed by atoms with van der Waals surface area (Å²) in [4.78, 5) is 4.28. The Morgan fingerprint density at radius 3 is 3.00 bits per heavy atom. The maximum atomic E-state index is 4.28. The second-order valence-electron chi connectivity index (χ2n) is 5.19. The molecule has 1 aliphatic heterocycles. The van der Waals surface area contributed by atoms with Crippen LogP contribution in [0, 0.1) is 6.92 Å². The minimum Gasteiger partial charge on any atom is -0.303 e. The molecule has 2 heterocycles. The van der Waals surface area contributed by atoms with Crippen LogP contribution in [0.4, 0.5) is 0 Å². The highest BCUT2D eigenvalue weighted by Gasteiger charge is 2.24. The summed E-state index contributed by atoms with van der Waals surface area (Å²) in [5.74, 6) is 0. The Hall–Kier alpha value is -1.67. The molecule has 2 heteroatoms. The summed E-state index contributed by atoms with van der Waals surface area (Å²) in [5, 5.41) is 3.68. The fourth-order valence-electron chi connectivity index (χ4n) is 2.77. The third kappa shape index (κ3) is 2.04. The average Bonchev–Trinajstić information content (AvgIpc) is 2.37. The van der Waals surface area contributed by atoms with Gasteiger partial charge in [0.25, 0.3) is 0 Å². The zero-order valence-corrected chi connectivity index (χ0v) is 10.9. The minimum atomic E-state index is 0.275. The molecule has 1 aliphatic rings. The monoisotopic (exact) mass is 238 g/mol. The Morgan fingerprint density at radius 1 is 1.28 bits per heavy atom. The molecule has 92 valence electrons. The van der Waals surface area contributed by atoms with Gasteiger partial charge in [-0.05, 0) is 43.0 Å². The molecular formula is C16H18N2. The van der Waals surface area contributed by atoms with E-state index in [-0.39, 0.29) is 6.04 Å². The number of rotatable bonds is 1. The van der Waals surface area contributed by atoms with Gasteiger partial charge < -0.3 is 5.32 Å². The fourth-order valence-corrected chi connectivity index (χ4v) is 2.77. The normalized spacial score (nSPS) is 22.6. The standard InChI is InChI=1S/C16H18N2/c1-11-4-3-5-14(8-11)16-15-10-17-7-6-13(15)9-12(2)18-16/h3-8,10,12,16,18H,9H2,1-2H3. The predicted molar refractivity (Wildman–Crippen MR) is 73.6 cm³/mol. The number of aromatic nitrogens is 1. The molecule has 0 saturated carbocycles. The average molecular weight is 238 g/mol. The van der Waals surface area contributed by atoms with Crippen molar-refractivity contribution in [3.05, 3.63) is 65.0 Å². The minimum absolute atomic E-state index is 0.275. The van der Waals surface area contributed by atoms with Crippen LogP contribution in [0.3, 0.4) is 0 Å². The van der Waals surface area contributed by atoms with Gasteiger partial charge in [-0.3, -0.25) is 4.98 Å². The van der Waals surface area contributed by atoms with E-state index in [0.29, 0.717) is 6.04 Å². The Bertz CT molecular complexity index is 563. The first kappa shape index (κ1) is 11.4. The maximum absolute atomic E-state index is 4.28. The van der Waals surface area contributed by atoms with Crippen molar-refractivity contribution in [1.29, 1.82) is 0 Å². The Kier molecular flexibility index (Phi) is 2.88. The molecule has 0 spiro atoms. The van der Waals surface area contributed by atoms with Crippen LogP contribution in [0.25, 0.3) is 0 Å². The van der Waals surface area contributed by atoms with E-state index in [9.17, 15) is 0 Å². The van der Waals surface area contributed by atoms with E-state index in [2.05, 4.69) is 54.5 Å². The third-order valence-electron chi connectivity index (χ3n) is 3.61. The highest BCUT2D eigenvalue weighted by molar-refractivity contribution is 5.39. The lowest BCUT2D eigenvalue weighted by molar-refractivity contribution is 0.463. The summed E-state index contributed by atoms with van der Waals surface area (Å²) >= 11 is 0. The molecule has 0 radical (unpaired) electrons. The van der Waals surface area contributed by atoms with Crippen LogP contribution in [0.1, 0.15) is 35.2 Å². The number of fused-ring (bicyclic) bond motifs is 1. The van der Waals surface area contributed by atoms with Gasteiger partial charge in [0.15, 0.2) is 0 Å². The van der Waals surface area contributed by atoms with Crippen LogP contribution in [-0.2, 0) is 6.42 Å². The van der Waals surface area contributed by atoms with E-state index in [1.165, 1.54) is 22.3 Å². The summed E-state index contributed by atoms with van der Waals surface area (Å²) in [7, 11) is 0. The molecule has 18 heavy (non-hydrogen) atoms. The van der Waals surface area contributed by atoms with Gasteiger partial charge >= 0.3 is 0 Å². The zero-order valence-electron chi connectivity index (χ0n) is 10.9. The van der Waals surface area contributed by atoms with Crippen LogP contribution < -0.4 is 5.32 Å². The number of benzene rings is 1. The van der Waals surface area contributed by atoms with E-state index in [1.54, 1.807) is 0 Å². The smallest absolute Gasteiger partial charge is 0.0596 e. The first-order chi connectivity index (χ1) is 8.74. The first-order valence-electron chi connectivity index (χ1n) is 6.49. The molecule has 0 amide bonds. The quantitative estimate of drug-likeness (QED) is 0.826. The molecule has 1 N–H and O–H groups in total. The Morgan fingerprint density at radius 2 is 2.17 bits per heavy atom. The van der Waals surface area contributed by atoms with Crippen molar-refractivity contribution in [3.63, 3.8) is 0 Å². The van der Waals surface area contributed by atoms with Crippen molar-refractivity contribution < 1.29 is 0 Å². The maximum Gasteiger partial charge on any atom is 0.0596 e. The number of nitrogens with zero attached hydrogens (tertiary/aromatic N) is 1. The molecule has 3 rings (SSSR count). The van der Waals surface area contributed by atoms with E-state index in [4.69, 9.17) is 0 Å². The zero-order chi connectivity index (χ0) is 12.5. The lowest BCUT2D eigenvalue weighted by Crippen LogP contribution is -2.38. The Labute approximate surface area is 108 Å². The fraction of sp³-hybridized carbons (Fsp3) is 0.312. The van der Waals surface area contributed by atoms with Gasteiger partial charge in [-0.15, -0.1) is 0 Å². The van der Waals surface area contributed by atoms with Gasteiger partial charge in [-0.2, -0.15) is 0 Å². The van der Waals surface area contributed by atoms with E-state index < -0.39 is 0 Å². The molecule has 1 aromatic carbocycles. The number of nitrogens with one attached hydrogen (secondary N) is 1. The van der Waals surface area contributed by atoms with Crippen molar-refractivity contribution in [3.8, 4) is 0 Å². The first-order valence-corrected chi connectivity index (χ1v) is 6.49. The Balaban J connectivity index is 2.07. The molecule has 0 bridgehead atoms. The van der Waals surface area contributed by atoms with Crippen molar-refractivity contribution in [1.82, 2.24) is 10.3 Å². The third-order valence-corrected chi connectivity index (χ3v) is 3.61. The summed E-state index contributed by atoms with van der Waals surface area (Å²) in [6, 6.07) is 11.6. The molecule has 0 saturated heterocycles. The van der Waals surface area contributed by atoms with Crippen molar-refractivity contribution >= 4 is 0 Å².